The van der Waals surface area contributed by atoms with Crippen molar-refractivity contribution in [2.45, 2.75) is 51.5 Å². The molecule has 2 aliphatic rings. The van der Waals surface area contributed by atoms with Crippen LogP contribution in [0.15, 0.2) is 4.99 Å². The van der Waals surface area contributed by atoms with Crippen LogP contribution in [0.1, 0.15) is 45.4 Å². The van der Waals surface area contributed by atoms with Crippen molar-refractivity contribution < 1.29 is 8.42 Å². The maximum atomic E-state index is 12.1. The Bertz CT molecular complexity index is 466. The van der Waals surface area contributed by atoms with Gasteiger partial charge in [-0.25, -0.2) is 12.7 Å². The quantitative estimate of drug-likeness (QED) is 0.543. The zero-order valence-corrected chi connectivity index (χ0v) is 14.7. The second kappa shape index (κ2) is 8.15. The van der Waals surface area contributed by atoms with Crippen LogP contribution in [0.5, 0.6) is 0 Å². The van der Waals surface area contributed by atoms with Gasteiger partial charge in [0.1, 0.15) is 0 Å². The predicted molar refractivity (Wildman–Crippen MR) is 90.5 cm³/mol. The first-order chi connectivity index (χ1) is 10.5. The Labute approximate surface area is 134 Å². The molecule has 2 N–H and O–H groups in total. The molecule has 0 radical (unpaired) electrons. The molecule has 0 amide bonds. The number of rotatable bonds is 7. The smallest absolute Gasteiger partial charge is 0.214 e. The summed E-state index contributed by atoms with van der Waals surface area (Å²) >= 11 is 0. The highest BCUT2D eigenvalue weighted by molar-refractivity contribution is 7.89. The molecule has 0 spiro atoms. The molecular weight excluding hydrogens is 300 g/mol. The van der Waals surface area contributed by atoms with Gasteiger partial charge in [0.05, 0.1) is 5.75 Å². The summed E-state index contributed by atoms with van der Waals surface area (Å²) in [5, 5.41) is 6.78. The van der Waals surface area contributed by atoms with Crippen molar-refractivity contribution in [2.24, 2.45) is 10.9 Å². The Balaban J connectivity index is 1.71. The van der Waals surface area contributed by atoms with E-state index in [1.54, 1.807) is 11.4 Å². The van der Waals surface area contributed by atoms with Gasteiger partial charge in [-0.05, 0) is 31.6 Å². The number of aliphatic imine (C=N–C) groups is 1. The number of piperidine rings is 1. The topological polar surface area (TPSA) is 73.8 Å². The third kappa shape index (κ3) is 5.43. The first-order valence-corrected chi connectivity index (χ1v) is 10.1. The molecule has 128 valence electrons. The normalized spacial score (nSPS) is 21.8. The number of hydrogen-bond donors (Lipinski definition) is 2. The Hall–Kier alpha value is -0.820. The van der Waals surface area contributed by atoms with Gasteiger partial charge in [0.15, 0.2) is 5.96 Å². The van der Waals surface area contributed by atoms with E-state index in [4.69, 9.17) is 0 Å². The Morgan fingerprint density at radius 1 is 1.23 bits per heavy atom. The third-order valence-electron chi connectivity index (χ3n) is 4.42. The molecule has 22 heavy (non-hydrogen) atoms. The lowest BCUT2D eigenvalue weighted by molar-refractivity contribution is 0.306. The first-order valence-electron chi connectivity index (χ1n) is 8.50. The summed E-state index contributed by atoms with van der Waals surface area (Å²) in [7, 11) is -1.26. The lowest BCUT2D eigenvalue weighted by Gasteiger charge is -2.32. The summed E-state index contributed by atoms with van der Waals surface area (Å²) in [6.07, 6.45) is 6.32. The van der Waals surface area contributed by atoms with Crippen molar-refractivity contribution in [3.8, 4) is 0 Å². The molecule has 0 unspecified atom stereocenters. The van der Waals surface area contributed by atoms with Gasteiger partial charge in [0, 0.05) is 32.7 Å². The van der Waals surface area contributed by atoms with E-state index in [9.17, 15) is 8.42 Å². The van der Waals surface area contributed by atoms with Gasteiger partial charge in [0.25, 0.3) is 0 Å². The van der Waals surface area contributed by atoms with Crippen LogP contribution in [0.25, 0.3) is 0 Å². The van der Waals surface area contributed by atoms with Crippen molar-refractivity contribution >= 4 is 16.0 Å². The highest BCUT2D eigenvalue weighted by Gasteiger charge is 2.27. The monoisotopic (exact) mass is 330 g/mol. The van der Waals surface area contributed by atoms with E-state index in [0.29, 0.717) is 25.6 Å². The molecule has 1 heterocycles. The molecule has 1 aliphatic heterocycles. The largest absolute Gasteiger partial charge is 0.356 e. The average molecular weight is 330 g/mol. The summed E-state index contributed by atoms with van der Waals surface area (Å²) in [6.45, 7) is 4.09. The van der Waals surface area contributed by atoms with Gasteiger partial charge in [-0.3, -0.25) is 4.99 Å². The molecule has 0 aromatic heterocycles. The molecule has 2 fully saturated rings. The molecule has 1 aliphatic carbocycles. The van der Waals surface area contributed by atoms with Crippen LogP contribution in [0.2, 0.25) is 0 Å². The molecule has 1 saturated carbocycles. The fourth-order valence-electron chi connectivity index (χ4n) is 2.85. The Kier molecular flexibility index (Phi) is 6.50. The zero-order valence-electron chi connectivity index (χ0n) is 13.8. The fourth-order valence-corrected chi connectivity index (χ4v) is 4.40. The molecule has 0 aromatic carbocycles. The van der Waals surface area contributed by atoms with Gasteiger partial charge in [-0.15, -0.1) is 0 Å². The molecule has 0 aromatic rings. The van der Waals surface area contributed by atoms with Gasteiger partial charge in [-0.1, -0.05) is 19.8 Å². The summed E-state index contributed by atoms with van der Waals surface area (Å²) in [6, 6.07) is 0.306. The van der Waals surface area contributed by atoms with Crippen LogP contribution in [0.4, 0.5) is 0 Å². The summed E-state index contributed by atoms with van der Waals surface area (Å²) < 4.78 is 25.7. The third-order valence-corrected chi connectivity index (χ3v) is 6.49. The summed E-state index contributed by atoms with van der Waals surface area (Å²) in [5.74, 6) is 2.02. The van der Waals surface area contributed by atoms with Crippen molar-refractivity contribution in [3.05, 3.63) is 0 Å². The maximum Gasteiger partial charge on any atom is 0.214 e. The highest BCUT2D eigenvalue weighted by Crippen LogP contribution is 2.31. The standard InChI is InChI=1S/C15H30N4O2S/c1-3-12-22(20,21)19-10-7-14(8-11-19)18-15(16-2)17-9-6-13-4-5-13/h13-14H,3-12H2,1-2H3,(H2,16,17,18). The number of hydrogen-bond acceptors (Lipinski definition) is 3. The Morgan fingerprint density at radius 2 is 1.91 bits per heavy atom. The molecule has 0 atom stereocenters. The lowest BCUT2D eigenvalue weighted by Crippen LogP contribution is -2.50. The van der Waals surface area contributed by atoms with Crippen LogP contribution < -0.4 is 10.6 Å². The van der Waals surface area contributed by atoms with Crippen LogP contribution in [0, 0.1) is 5.92 Å². The van der Waals surface area contributed by atoms with E-state index in [1.165, 1.54) is 19.3 Å². The zero-order chi connectivity index (χ0) is 16.0. The highest BCUT2D eigenvalue weighted by atomic mass is 32.2. The number of guanidine groups is 1. The fraction of sp³-hybridized carbons (Fsp3) is 0.933. The van der Waals surface area contributed by atoms with E-state index in [0.717, 1.165) is 31.3 Å². The minimum absolute atomic E-state index is 0.259. The van der Waals surface area contributed by atoms with Crippen molar-refractivity contribution in [3.63, 3.8) is 0 Å². The van der Waals surface area contributed by atoms with Gasteiger partial charge in [-0.2, -0.15) is 0 Å². The molecule has 1 saturated heterocycles. The number of nitrogens with zero attached hydrogens (tertiary/aromatic N) is 2. The molecule has 2 rings (SSSR count). The Morgan fingerprint density at radius 3 is 2.45 bits per heavy atom. The second-order valence-corrected chi connectivity index (χ2v) is 8.45. The van der Waals surface area contributed by atoms with Crippen molar-refractivity contribution in [1.29, 1.82) is 0 Å². The number of sulfonamides is 1. The summed E-state index contributed by atoms with van der Waals surface area (Å²) in [4.78, 5) is 4.26. The van der Waals surface area contributed by atoms with Gasteiger partial charge >= 0.3 is 0 Å². The van der Waals surface area contributed by atoms with E-state index < -0.39 is 10.0 Å². The molecule has 0 bridgehead atoms. The van der Waals surface area contributed by atoms with Crippen LogP contribution in [0.3, 0.4) is 0 Å². The minimum Gasteiger partial charge on any atom is -0.356 e. The van der Waals surface area contributed by atoms with Crippen LogP contribution in [-0.2, 0) is 10.0 Å². The lowest BCUT2D eigenvalue weighted by atomic mass is 10.1. The average Bonchev–Trinajstić information content (AvgIpc) is 3.31. The predicted octanol–water partition coefficient (Wildman–Crippen LogP) is 1.16. The molecule has 6 nitrogen and oxygen atoms in total. The molecule has 7 heteroatoms. The van der Waals surface area contributed by atoms with Crippen LogP contribution >= 0.6 is 0 Å². The van der Waals surface area contributed by atoms with Crippen molar-refractivity contribution in [1.82, 2.24) is 14.9 Å². The molecular formula is C15H30N4O2S. The van der Waals surface area contributed by atoms with E-state index in [1.807, 2.05) is 6.92 Å². The van der Waals surface area contributed by atoms with Gasteiger partial charge < -0.3 is 10.6 Å². The van der Waals surface area contributed by atoms with E-state index in [2.05, 4.69) is 15.6 Å². The van der Waals surface area contributed by atoms with Crippen LogP contribution in [-0.4, -0.2) is 57.2 Å². The first kappa shape index (κ1) is 17.5. The van der Waals surface area contributed by atoms with Crippen molar-refractivity contribution in [2.75, 3.05) is 32.4 Å². The SMILES string of the molecule is CCCS(=O)(=O)N1CCC(NC(=NC)NCCC2CC2)CC1. The van der Waals surface area contributed by atoms with E-state index in [-0.39, 0.29) is 5.75 Å². The minimum atomic E-state index is -3.05. The summed E-state index contributed by atoms with van der Waals surface area (Å²) in [5.41, 5.74) is 0. The van der Waals surface area contributed by atoms with E-state index >= 15 is 0 Å². The number of nitrogens with one attached hydrogen (secondary N) is 2. The second-order valence-electron chi connectivity index (χ2n) is 6.36. The maximum absolute atomic E-state index is 12.1. The van der Waals surface area contributed by atoms with Gasteiger partial charge in [0.2, 0.25) is 10.0 Å².